The van der Waals surface area contributed by atoms with E-state index in [1.807, 2.05) is 30.9 Å². The second-order valence-electron chi connectivity index (χ2n) is 5.13. The van der Waals surface area contributed by atoms with Crippen molar-refractivity contribution in [1.82, 2.24) is 5.32 Å². The van der Waals surface area contributed by atoms with E-state index < -0.39 is 0 Å². The summed E-state index contributed by atoms with van der Waals surface area (Å²) >= 11 is 1.81. The Labute approximate surface area is 113 Å². The molecule has 102 valence electrons. The van der Waals surface area contributed by atoms with E-state index in [1.165, 1.54) is 7.11 Å². The first-order valence-electron chi connectivity index (χ1n) is 6.02. The van der Waals surface area contributed by atoms with Crippen LogP contribution in [0.1, 0.15) is 32.4 Å². The van der Waals surface area contributed by atoms with Crippen molar-refractivity contribution in [1.29, 1.82) is 0 Å². The third-order valence-corrected chi connectivity index (χ3v) is 3.99. The number of hydrogen-bond donors (Lipinski definition) is 1. The Bertz CT molecular complexity index is 390. The number of halogens is 1. The molecule has 1 aromatic carbocycles. The van der Waals surface area contributed by atoms with Crippen molar-refractivity contribution in [2.45, 2.75) is 31.6 Å². The molecule has 0 aliphatic rings. The van der Waals surface area contributed by atoms with Gasteiger partial charge in [-0.2, -0.15) is 11.8 Å². The average Bonchev–Trinajstić information content (AvgIpc) is 2.30. The summed E-state index contributed by atoms with van der Waals surface area (Å²) in [6.45, 7) is 6.48. The molecule has 2 nitrogen and oxygen atoms in total. The van der Waals surface area contributed by atoms with Gasteiger partial charge in [0.2, 0.25) is 0 Å². The quantitative estimate of drug-likeness (QED) is 0.883. The van der Waals surface area contributed by atoms with Crippen LogP contribution in [0.4, 0.5) is 4.39 Å². The fourth-order valence-corrected chi connectivity index (χ4v) is 2.63. The minimum atomic E-state index is -0.270. The SMILES string of the molecule is CNC(CSC(C)(C)C)c1cccc(OC)c1F. The van der Waals surface area contributed by atoms with E-state index in [0.717, 1.165) is 5.75 Å². The summed E-state index contributed by atoms with van der Waals surface area (Å²) in [7, 11) is 3.34. The van der Waals surface area contributed by atoms with Gasteiger partial charge >= 0.3 is 0 Å². The van der Waals surface area contributed by atoms with Crippen molar-refractivity contribution in [2.75, 3.05) is 19.9 Å². The maximum absolute atomic E-state index is 14.2. The van der Waals surface area contributed by atoms with E-state index in [-0.39, 0.29) is 16.6 Å². The third-order valence-electron chi connectivity index (χ3n) is 2.62. The van der Waals surface area contributed by atoms with Crippen LogP contribution in [0, 0.1) is 5.82 Å². The Kier molecular flexibility index (Phi) is 5.47. The molecular weight excluding hydrogens is 249 g/mol. The number of rotatable bonds is 5. The summed E-state index contributed by atoms with van der Waals surface area (Å²) in [5.41, 5.74) is 0.661. The molecule has 1 atom stereocenters. The lowest BCUT2D eigenvalue weighted by Crippen LogP contribution is -2.23. The van der Waals surface area contributed by atoms with E-state index in [9.17, 15) is 4.39 Å². The number of benzene rings is 1. The molecule has 0 radical (unpaired) electrons. The maximum atomic E-state index is 14.2. The van der Waals surface area contributed by atoms with Crippen molar-refractivity contribution in [3.05, 3.63) is 29.6 Å². The number of methoxy groups -OCH3 is 1. The summed E-state index contributed by atoms with van der Waals surface area (Å²) in [6, 6.07) is 5.26. The summed E-state index contributed by atoms with van der Waals surface area (Å²) < 4.78 is 19.3. The molecule has 0 aromatic heterocycles. The molecule has 0 bridgehead atoms. The first kappa shape index (κ1) is 15.3. The highest BCUT2D eigenvalue weighted by molar-refractivity contribution is 8.00. The zero-order chi connectivity index (χ0) is 13.8. The molecule has 0 saturated heterocycles. The third kappa shape index (κ3) is 4.18. The molecule has 0 aliphatic heterocycles. The molecule has 0 heterocycles. The molecule has 1 unspecified atom stereocenters. The van der Waals surface area contributed by atoms with E-state index in [1.54, 1.807) is 6.07 Å². The zero-order valence-corrected chi connectivity index (χ0v) is 12.5. The molecule has 0 amide bonds. The standard InChI is InChI=1S/C14H22FNOS/c1-14(2,3)18-9-11(16-4)10-7-6-8-12(17-5)13(10)15/h6-8,11,16H,9H2,1-5H3. The van der Waals surface area contributed by atoms with Crippen LogP contribution in [0.15, 0.2) is 18.2 Å². The van der Waals surface area contributed by atoms with Gasteiger partial charge in [-0.3, -0.25) is 0 Å². The minimum absolute atomic E-state index is 0.00988. The van der Waals surface area contributed by atoms with E-state index in [0.29, 0.717) is 11.3 Å². The van der Waals surface area contributed by atoms with E-state index in [4.69, 9.17) is 4.74 Å². The van der Waals surface area contributed by atoms with Crippen molar-refractivity contribution in [3.8, 4) is 5.75 Å². The van der Waals surface area contributed by atoms with Gasteiger partial charge in [0, 0.05) is 22.1 Å². The Morgan fingerprint density at radius 2 is 2.06 bits per heavy atom. The lowest BCUT2D eigenvalue weighted by atomic mass is 10.1. The molecule has 4 heteroatoms. The Morgan fingerprint density at radius 1 is 1.39 bits per heavy atom. The van der Waals surface area contributed by atoms with Gasteiger partial charge in [-0.25, -0.2) is 4.39 Å². The maximum Gasteiger partial charge on any atom is 0.169 e. The number of ether oxygens (including phenoxy) is 1. The van der Waals surface area contributed by atoms with Gasteiger partial charge in [-0.05, 0) is 13.1 Å². The highest BCUT2D eigenvalue weighted by Gasteiger charge is 2.20. The molecule has 0 aliphatic carbocycles. The van der Waals surface area contributed by atoms with Crippen LogP contribution in [-0.2, 0) is 0 Å². The number of nitrogens with one attached hydrogen (secondary N) is 1. The van der Waals surface area contributed by atoms with Crippen LogP contribution >= 0.6 is 11.8 Å². The van der Waals surface area contributed by atoms with Gasteiger partial charge < -0.3 is 10.1 Å². The van der Waals surface area contributed by atoms with Crippen LogP contribution in [-0.4, -0.2) is 24.7 Å². The predicted octanol–water partition coefficient (Wildman–Crippen LogP) is 3.63. The fourth-order valence-electron chi connectivity index (χ4n) is 1.62. The van der Waals surface area contributed by atoms with Crippen molar-refractivity contribution in [3.63, 3.8) is 0 Å². The Hall–Kier alpha value is -0.740. The second kappa shape index (κ2) is 6.43. The molecule has 0 saturated carbocycles. The molecule has 0 spiro atoms. The van der Waals surface area contributed by atoms with Gasteiger partial charge in [0.1, 0.15) is 0 Å². The highest BCUT2D eigenvalue weighted by Crippen LogP contribution is 2.31. The fraction of sp³-hybridized carbons (Fsp3) is 0.571. The van der Waals surface area contributed by atoms with Crippen LogP contribution in [0.3, 0.4) is 0 Å². The first-order chi connectivity index (χ1) is 8.39. The molecule has 1 aromatic rings. The smallest absolute Gasteiger partial charge is 0.169 e. The summed E-state index contributed by atoms with van der Waals surface area (Å²) in [5, 5.41) is 3.17. The number of hydrogen-bond acceptors (Lipinski definition) is 3. The van der Waals surface area contributed by atoms with Crippen LogP contribution < -0.4 is 10.1 Å². The van der Waals surface area contributed by atoms with Crippen molar-refractivity contribution < 1.29 is 9.13 Å². The summed E-state index contributed by atoms with van der Waals surface area (Å²) in [6.07, 6.45) is 0. The van der Waals surface area contributed by atoms with E-state index >= 15 is 0 Å². The van der Waals surface area contributed by atoms with Gasteiger partial charge in [0.25, 0.3) is 0 Å². The largest absolute Gasteiger partial charge is 0.494 e. The molecule has 1 rings (SSSR count). The molecule has 0 fully saturated rings. The molecular formula is C14H22FNOS. The first-order valence-corrected chi connectivity index (χ1v) is 7.01. The lowest BCUT2D eigenvalue weighted by molar-refractivity contribution is 0.381. The van der Waals surface area contributed by atoms with Crippen molar-refractivity contribution in [2.24, 2.45) is 0 Å². The molecule has 1 N–H and O–H groups in total. The van der Waals surface area contributed by atoms with Gasteiger partial charge in [-0.1, -0.05) is 32.9 Å². The minimum Gasteiger partial charge on any atom is -0.494 e. The zero-order valence-electron chi connectivity index (χ0n) is 11.7. The summed E-state index contributed by atoms with van der Waals surface area (Å²) in [5.74, 6) is 0.853. The Balaban J connectivity index is 2.88. The van der Waals surface area contributed by atoms with Crippen LogP contribution in [0.25, 0.3) is 0 Å². The average molecular weight is 271 g/mol. The predicted molar refractivity (Wildman–Crippen MR) is 77.0 cm³/mol. The topological polar surface area (TPSA) is 21.3 Å². The van der Waals surface area contributed by atoms with Gasteiger partial charge in [0.15, 0.2) is 11.6 Å². The van der Waals surface area contributed by atoms with Gasteiger partial charge in [-0.15, -0.1) is 0 Å². The van der Waals surface area contributed by atoms with Gasteiger partial charge in [0.05, 0.1) is 7.11 Å². The van der Waals surface area contributed by atoms with Crippen LogP contribution in [0.5, 0.6) is 5.75 Å². The normalized spacial score (nSPS) is 13.4. The number of thioether (sulfide) groups is 1. The van der Waals surface area contributed by atoms with E-state index in [2.05, 4.69) is 26.1 Å². The Morgan fingerprint density at radius 3 is 2.56 bits per heavy atom. The summed E-state index contributed by atoms with van der Waals surface area (Å²) in [4.78, 5) is 0. The van der Waals surface area contributed by atoms with Crippen molar-refractivity contribution >= 4 is 11.8 Å². The monoisotopic (exact) mass is 271 g/mol. The second-order valence-corrected chi connectivity index (χ2v) is 6.97. The van der Waals surface area contributed by atoms with Crippen LogP contribution in [0.2, 0.25) is 0 Å². The highest BCUT2D eigenvalue weighted by atomic mass is 32.2. The molecule has 18 heavy (non-hydrogen) atoms. The lowest BCUT2D eigenvalue weighted by Gasteiger charge is -2.23.